The predicted octanol–water partition coefficient (Wildman–Crippen LogP) is -6.92. The van der Waals surface area contributed by atoms with Crippen LogP contribution in [-0.2, 0) is 60.6 Å². The smallest absolute Gasteiger partial charge is 0.394 e. The Morgan fingerprint density at radius 1 is 0.611 bits per heavy atom. The fraction of sp³-hybridized carbons (Fsp3) is 0.885. The second-order valence-corrected chi connectivity index (χ2v) is 15.1. The molecule has 17 atom stereocenters. The molecule has 0 bridgehead atoms. The van der Waals surface area contributed by atoms with Gasteiger partial charge >= 0.3 is 15.6 Å². The summed E-state index contributed by atoms with van der Waals surface area (Å²) in [5, 5.41) is 79.4. The zero-order chi connectivity index (χ0) is 40.7. The first kappa shape index (κ1) is 46.5. The third-order valence-electron chi connectivity index (χ3n) is 8.07. The summed E-state index contributed by atoms with van der Waals surface area (Å²) in [7, 11) is -10.7. The molecule has 54 heavy (non-hydrogen) atoms. The van der Waals surface area contributed by atoms with Crippen molar-refractivity contribution in [2.24, 2.45) is 5.73 Å². The second kappa shape index (κ2) is 20.0. The van der Waals surface area contributed by atoms with Gasteiger partial charge in [-0.15, -0.1) is 0 Å². The van der Waals surface area contributed by atoms with E-state index in [1.165, 1.54) is 0 Å². The number of amides is 3. The van der Waals surface area contributed by atoms with Crippen LogP contribution in [0.3, 0.4) is 0 Å². The minimum Gasteiger partial charge on any atom is -0.394 e. The Morgan fingerprint density at radius 2 is 0.944 bits per heavy atom. The lowest BCUT2D eigenvalue weighted by molar-refractivity contribution is -0.270. The lowest BCUT2D eigenvalue weighted by Crippen LogP contribution is -2.65. The quantitative estimate of drug-likeness (QED) is 0.0606. The van der Waals surface area contributed by atoms with Crippen LogP contribution in [0.5, 0.6) is 0 Å². The number of carbonyl (C=O) groups excluding carboxylic acids is 3. The Hall–Kier alpha value is -1.85. The van der Waals surface area contributed by atoms with Crippen molar-refractivity contribution in [1.82, 2.24) is 16.0 Å². The minimum atomic E-state index is -5.38. The maximum Gasteiger partial charge on any atom is 0.474 e. The summed E-state index contributed by atoms with van der Waals surface area (Å²) in [6.45, 7) is -0.0414. The molecule has 0 aromatic rings. The van der Waals surface area contributed by atoms with Crippen LogP contribution in [0.4, 0.5) is 0 Å². The van der Waals surface area contributed by atoms with Gasteiger partial charge in [-0.3, -0.25) is 32.5 Å². The minimum absolute atomic E-state index is 0.00728. The Labute approximate surface area is 306 Å². The zero-order valence-electron chi connectivity index (χ0n) is 29.0. The number of carbonyl (C=O) groups is 3. The van der Waals surface area contributed by atoms with Gasteiger partial charge in [0.25, 0.3) is 0 Å². The van der Waals surface area contributed by atoms with Crippen molar-refractivity contribution in [3.63, 3.8) is 0 Å². The van der Waals surface area contributed by atoms with E-state index in [-0.39, 0.29) is 13.2 Å². The number of aliphatic hydroxyl groups is 7. The highest BCUT2D eigenvalue weighted by molar-refractivity contribution is 7.47. The van der Waals surface area contributed by atoms with Crippen molar-refractivity contribution in [2.45, 2.75) is 113 Å². The van der Waals surface area contributed by atoms with Gasteiger partial charge in [0, 0.05) is 27.3 Å². The molecule has 0 spiro atoms. The summed E-state index contributed by atoms with van der Waals surface area (Å²) in [6, 6.07) is -4.74. The van der Waals surface area contributed by atoms with Gasteiger partial charge in [-0.25, -0.2) is 9.13 Å². The maximum atomic E-state index is 13.1. The third-order valence-corrected chi connectivity index (χ3v) is 9.97. The van der Waals surface area contributed by atoms with Crippen molar-refractivity contribution in [1.29, 1.82) is 0 Å². The van der Waals surface area contributed by atoms with E-state index in [0.29, 0.717) is 0 Å². The number of aliphatic hydroxyl groups excluding tert-OH is 7. The molecule has 11 unspecified atom stereocenters. The van der Waals surface area contributed by atoms with Gasteiger partial charge in [0.2, 0.25) is 17.7 Å². The Kier molecular flexibility index (Phi) is 17.3. The molecule has 3 fully saturated rings. The molecule has 3 saturated heterocycles. The van der Waals surface area contributed by atoms with Crippen LogP contribution in [0.15, 0.2) is 0 Å². The lowest BCUT2D eigenvalue weighted by atomic mass is 9.97. The van der Waals surface area contributed by atoms with E-state index in [4.69, 9.17) is 42.8 Å². The summed E-state index contributed by atoms with van der Waals surface area (Å²) in [6.07, 6.45) is -21.9. The molecule has 3 heterocycles. The molecular formula is C26H48N4O22P2. The van der Waals surface area contributed by atoms with E-state index in [9.17, 15) is 69.0 Å². The number of ether oxygens (including phenoxy) is 4. The monoisotopic (exact) mass is 830 g/mol. The molecule has 28 heteroatoms. The van der Waals surface area contributed by atoms with E-state index in [0.717, 1.165) is 20.8 Å². The van der Waals surface area contributed by atoms with Crippen molar-refractivity contribution < 1.29 is 106 Å². The predicted molar refractivity (Wildman–Crippen MR) is 171 cm³/mol. The second-order valence-electron chi connectivity index (χ2n) is 12.3. The number of rotatable bonds is 17. The molecule has 3 rings (SSSR count). The van der Waals surface area contributed by atoms with E-state index in [2.05, 4.69) is 16.0 Å². The van der Waals surface area contributed by atoms with Crippen LogP contribution in [0.25, 0.3) is 0 Å². The average Bonchev–Trinajstić information content (AvgIpc) is 3.07. The van der Waals surface area contributed by atoms with Crippen LogP contribution in [-0.4, -0.2) is 188 Å². The standard InChI is InChI=1S/C26H48N4O22P2/c1-9(32)28-15-21(38)19(36)13(49-24(15)45-5-4-27)7-46-54(43,44)52-26-17(30-11(3)34)23(40)20(37)14(50-26)8-47-53(41,42)51-25-16(29-10(2)33)22(39)18(35)12(6-31)48-25/h12-26,31,35-40H,4-8,27H2,1-3H3,(H,28,32)(H,29,33)(H,30,34)(H,41,42)(H,43,44)/t12?,13?,14?,15?,16?,17?,18-,19-,20-,21?,22?,23?,24+,25-,26-/m1/s1. The van der Waals surface area contributed by atoms with Gasteiger partial charge in [0.05, 0.1) is 26.4 Å². The van der Waals surface area contributed by atoms with Gasteiger partial charge in [-0.1, -0.05) is 0 Å². The fourth-order valence-electron chi connectivity index (χ4n) is 5.55. The average molecular weight is 831 g/mol. The van der Waals surface area contributed by atoms with E-state index in [1.54, 1.807) is 0 Å². The van der Waals surface area contributed by atoms with Gasteiger partial charge in [-0.05, 0) is 0 Å². The number of nitrogens with two attached hydrogens (primary N) is 1. The Morgan fingerprint density at radius 3 is 1.30 bits per heavy atom. The lowest BCUT2D eigenvalue weighted by Gasteiger charge is -2.43. The number of phosphoric ester groups is 2. The van der Waals surface area contributed by atoms with Crippen molar-refractivity contribution >= 4 is 33.4 Å². The van der Waals surface area contributed by atoms with Crippen molar-refractivity contribution in [2.75, 3.05) is 33.0 Å². The van der Waals surface area contributed by atoms with Crippen LogP contribution < -0.4 is 21.7 Å². The summed E-state index contributed by atoms with van der Waals surface area (Å²) in [4.78, 5) is 56.2. The molecule has 26 nitrogen and oxygen atoms in total. The van der Waals surface area contributed by atoms with E-state index < -0.39 is 145 Å². The van der Waals surface area contributed by atoms with Crippen LogP contribution in [0, 0.1) is 0 Å². The third kappa shape index (κ3) is 12.6. The molecule has 0 saturated carbocycles. The molecule has 0 aromatic carbocycles. The first-order valence-electron chi connectivity index (χ1n) is 16.2. The molecule has 3 aliphatic heterocycles. The number of hydrogen-bond donors (Lipinski definition) is 13. The number of phosphoric acid groups is 2. The number of nitrogens with one attached hydrogen (secondary N) is 3. The SMILES string of the molecule is CC(=O)NC1C(O)[C@H](O)C(CO)O[C@@H]1OP(=O)(O)OCC1O[C@H](OP(=O)(O)OCC2O[C@H](OCCN)C(NC(C)=O)C(O)[C@@H]2O)C(NC(C)=O)C(O)[C@@H]1O. The zero-order valence-corrected chi connectivity index (χ0v) is 30.8. The highest BCUT2D eigenvalue weighted by Gasteiger charge is 2.52. The van der Waals surface area contributed by atoms with Gasteiger partial charge in [0.15, 0.2) is 18.9 Å². The Balaban J connectivity index is 1.72. The summed E-state index contributed by atoms with van der Waals surface area (Å²) in [5.41, 5.74) is 5.43. The molecule has 3 amide bonds. The van der Waals surface area contributed by atoms with E-state index in [1.807, 2.05) is 0 Å². The molecule has 0 radical (unpaired) electrons. The normalized spacial score (nSPS) is 39.5. The fourth-order valence-corrected chi connectivity index (χ4v) is 7.23. The van der Waals surface area contributed by atoms with E-state index >= 15 is 0 Å². The van der Waals surface area contributed by atoms with Crippen LogP contribution >= 0.6 is 15.6 Å². The maximum absolute atomic E-state index is 13.1. The first-order chi connectivity index (χ1) is 25.1. The van der Waals surface area contributed by atoms with Gasteiger partial charge < -0.3 is 86.2 Å². The molecule has 0 aliphatic carbocycles. The van der Waals surface area contributed by atoms with Gasteiger partial charge in [-0.2, -0.15) is 0 Å². The largest absolute Gasteiger partial charge is 0.474 e. The molecule has 14 N–H and O–H groups in total. The number of hydrogen-bond acceptors (Lipinski definition) is 21. The van der Waals surface area contributed by atoms with Crippen molar-refractivity contribution in [3.8, 4) is 0 Å². The van der Waals surface area contributed by atoms with Crippen molar-refractivity contribution in [3.05, 3.63) is 0 Å². The van der Waals surface area contributed by atoms with Crippen LogP contribution in [0.1, 0.15) is 20.8 Å². The Bertz CT molecular complexity index is 1370. The summed E-state index contributed by atoms with van der Waals surface area (Å²) < 4.78 is 67.3. The highest BCUT2D eigenvalue weighted by Crippen LogP contribution is 2.49. The molecule has 0 aromatic heterocycles. The topological polar surface area (TPSA) is 403 Å². The molecular weight excluding hydrogens is 782 g/mol. The highest BCUT2D eigenvalue weighted by atomic mass is 31.2. The van der Waals surface area contributed by atoms with Gasteiger partial charge in [0.1, 0.15) is 73.1 Å². The molecule has 3 aliphatic rings. The summed E-state index contributed by atoms with van der Waals surface area (Å²) >= 11 is 0. The first-order valence-corrected chi connectivity index (χ1v) is 19.2. The van der Waals surface area contributed by atoms with Crippen LogP contribution in [0.2, 0.25) is 0 Å². The molecule has 314 valence electrons. The summed E-state index contributed by atoms with van der Waals surface area (Å²) in [5.74, 6) is -2.25.